The average molecular weight is 189 g/mol. The van der Waals surface area contributed by atoms with Crippen molar-refractivity contribution >= 4 is 5.69 Å². The van der Waals surface area contributed by atoms with Crippen LogP contribution in [0.4, 0.5) is 18.9 Å². The second-order valence-corrected chi connectivity index (χ2v) is 3.02. The van der Waals surface area contributed by atoms with Crippen molar-refractivity contribution < 1.29 is 13.2 Å². The summed E-state index contributed by atoms with van der Waals surface area (Å²) in [7, 11) is 0. The SMILES string of the molecule is Cc1cc(N)c(C)c(C(F)(F)F)c1. The van der Waals surface area contributed by atoms with Crippen LogP contribution in [0.1, 0.15) is 16.7 Å². The molecular formula is C9H10F3N. The van der Waals surface area contributed by atoms with Crippen molar-refractivity contribution in [2.45, 2.75) is 20.0 Å². The Morgan fingerprint density at radius 1 is 1.15 bits per heavy atom. The number of rotatable bonds is 0. The molecule has 13 heavy (non-hydrogen) atoms. The molecule has 2 N–H and O–H groups in total. The first-order valence-electron chi connectivity index (χ1n) is 3.76. The van der Waals surface area contributed by atoms with E-state index in [1.165, 1.54) is 13.0 Å². The van der Waals surface area contributed by atoms with Crippen molar-refractivity contribution in [3.63, 3.8) is 0 Å². The van der Waals surface area contributed by atoms with Crippen molar-refractivity contribution in [1.29, 1.82) is 0 Å². The summed E-state index contributed by atoms with van der Waals surface area (Å²) in [5, 5.41) is 0. The van der Waals surface area contributed by atoms with Gasteiger partial charge in [0.15, 0.2) is 0 Å². The van der Waals surface area contributed by atoms with Gasteiger partial charge in [0.05, 0.1) is 5.56 Å². The summed E-state index contributed by atoms with van der Waals surface area (Å²) >= 11 is 0. The molecule has 0 atom stereocenters. The van der Waals surface area contributed by atoms with E-state index in [9.17, 15) is 13.2 Å². The van der Waals surface area contributed by atoms with Gasteiger partial charge < -0.3 is 5.73 Å². The zero-order valence-electron chi connectivity index (χ0n) is 7.37. The Hall–Kier alpha value is -1.19. The molecule has 0 aromatic heterocycles. The largest absolute Gasteiger partial charge is 0.416 e. The van der Waals surface area contributed by atoms with Gasteiger partial charge >= 0.3 is 6.18 Å². The van der Waals surface area contributed by atoms with Crippen LogP contribution in [0.2, 0.25) is 0 Å². The van der Waals surface area contributed by atoms with Crippen LogP contribution in [0, 0.1) is 13.8 Å². The zero-order valence-corrected chi connectivity index (χ0v) is 7.37. The predicted octanol–water partition coefficient (Wildman–Crippen LogP) is 2.90. The molecular weight excluding hydrogens is 179 g/mol. The lowest BCUT2D eigenvalue weighted by atomic mass is 10.0. The highest BCUT2D eigenvalue weighted by molar-refractivity contribution is 5.53. The quantitative estimate of drug-likeness (QED) is 0.624. The first-order valence-corrected chi connectivity index (χ1v) is 3.76. The zero-order chi connectivity index (χ0) is 10.2. The van der Waals surface area contributed by atoms with Crippen molar-refractivity contribution in [1.82, 2.24) is 0 Å². The van der Waals surface area contributed by atoms with E-state index in [1.54, 1.807) is 6.92 Å². The molecule has 1 nitrogen and oxygen atoms in total. The summed E-state index contributed by atoms with van der Waals surface area (Å²) in [6.07, 6.45) is -4.32. The second-order valence-electron chi connectivity index (χ2n) is 3.02. The highest BCUT2D eigenvalue weighted by Crippen LogP contribution is 2.34. The Morgan fingerprint density at radius 3 is 2.15 bits per heavy atom. The molecule has 0 spiro atoms. The molecule has 0 heterocycles. The first-order chi connectivity index (χ1) is 5.82. The Balaban J connectivity index is 3.37. The third-order valence-corrected chi connectivity index (χ3v) is 1.90. The van der Waals surface area contributed by atoms with Crippen molar-refractivity contribution in [3.8, 4) is 0 Å². The van der Waals surface area contributed by atoms with E-state index in [-0.39, 0.29) is 11.3 Å². The van der Waals surface area contributed by atoms with Gasteiger partial charge in [-0.2, -0.15) is 13.2 Å². The monoisotopic (exact) mass is 189 g/mol. The van der Waals surface area contributed by atoms with Crippen LogP contribution >= 0.6 is 0 Å². The Bertz CT molecular complexity index is 328. The van der Waals surface area contributed by atoms with Gasteiger partial charge in [0, 0.05) is 5.69 Å². The molecule has 1 aromatic carbocycles. The van der Waals surface area contributed by atoms with Crippen molar-refractivity contribution in [2.75, 3.05) is 5.73 Å². The fraction of sp³-hybridized carbons (Fsp3) is 0.333. The molecule has 0 saturated carbocycles. The minimum Gasteiger partial charge on any atom is -0.398 e. The molecule has 72 valence electrons. The van der Waals surface area contributed by atoms with E-state index < -0.39 is 11.7 Å². The average Bonchev–Trinajstić information content (AvgIpc) is 1.94. The molecule has 0 fully saturated rings. The number of benzene rings is 1. The molecule has 0 bridgehead atoms. The van der Waals surface area contributed by atoms with Crippen LogP contribution in [-0.2, 0) is 6.18 Å². The highest BCUT2D eigenvalue weighted by Gasteiger charge is 2.32. The lowest BCUT2D eigenvalue weighted by Gasteiger charge is -2.12. The van der Waals surface area contributed by atoms with Gasteiger partial charge in [0.25, 0.3) is 0 Å². The van der Waals surface area contributed by atoms with Gasteiger partial charge in [-0.15, -0.1) is 0 Å². The summed E-state index contributed by atoms with van der Waals surface area (Å²) in [6.45, 7) is 2.96. The van der Waals surface area contributed by atoms with Crippen LogP contribution in [0.3, 0.4) is 0 Å². The number of halogens is 3. The number of hydrogen-bond acceptors (Lipinski definition) is 1. The molecule has 0 saturated heterocycles. The first kappa shape index (κ1) is 9.89. The Morgan fingerprint density at radius 2 is 1.69 bits per heavy atom. The number of aryl methyl sites for hydroxylation is 1. The molecule has 1 aromatic rings. The molecule has 0 amide bonds. The minimum absolute atomic E-state index is 0.0955. The second kappa shape index (κ2) is 2.94. The van der Waals surface area contributed by atoms with E-state index >= 15 is 0 Å². The van der Waals surface area contributed by atoms with E-state index in [4.69, 9.17) is 5.73 Å². The predicted molar refractivity (Wildman–Crippen MR) is 45.3 cm³/mol. The van der Waals surface area contributed by atoms with Crippen LogP contribution in [0.15, 0.2) is 12.1 Å². The molecule has 0 aliphatic rings. The van der Waals surface area contributed by atoms with Gasteiger partial charge in [0.1, 0.15) is 0 Å². The standard InChI is InChI=1S/C9H10F3N/c1-5-3-7(9(10,11)12)6(2)8(13)4-5/h3-4H,13H2,1-2H3. The van der Waals surface area contributed by atoms with E-state index in [0.29, 0.717) is 5.56 Å². The van der Waals surface area contributed by atoms with Gasteiger partial charge in [-0.3, -0.25) is 0 Å². The van der Waals surface area contributed by atoms with Gasteiger partial charge in [0.2, 0.25) is 0 Å². The maximum Gasteiger partial charge on any atom is 0.416 e. The van der Waals surface area contributed by atoms with Crippen molar-refractivity contribution in [3.05, 3.63) is 28.8 Å². The smallest absolute Gasteiger partial charge is 0.398 e. The van der Waals surface area contributed by atoms with Gasteiger partial charge in [-0.05, 0) is 37.1 Å². The maximum absolute atomic E-state index is 12.4. The normalized spacial score (nSPS) is 11.8. The number of alkyl halides is 3. The van der Waals surface area contributed by atoms with E-state index in [2.05, 4.69) is 0 Å². The maximum atomic E-state index is 12.4. The van der Waals surface area contributed by atoms with Gasteiger partial charge in [-0.1, -0.05) is 0 Å². The molecule has 0 aliphatic heterocycles. The Kier molecular flexibility index (Phi) is 2.24. The lowest BCUT2D eigenvalue weighted by molar-refractivity contribution is -0.138. The van der Waals surface area contributed by atoms with Gasteiger partial charge in [-0.25, -0.2) is 0 Å². The highest BCUT2D eigenvalue weighted by atomic mass is 19.4. The third kappa shape index (κ3) is 1.94. The molecule has 0 unspecified atom stereocenters. The molecule has 4 heteroatoms. The van der Waals surface area contributed by atoms with Crippen LogP contribution < -0.4 is 5.73 Å². The summed E-state index contributed by atoms with van der Waals surface area (Å²) in [5.74, 6) is 0. The molecule has 1 rings (SSSR count). The van der Waals surface area contributed by atoms with Crippen LogP contribution in [0.5, 0.6) is 0 Å². The molecule has 0 aliphatic carbocycles. The summed E-state index contributed by atoms with van der Waals surface area (Å²) in [6, 6.07) is 2.64. The summed E-state index contributed by atoms with van der Waals surface area (Å²) in [4.78, 5) is 0. The number of nitrogen functional groups attached to an aromatic ring is 1. The summed E-state index contributed by atoms with van der Waals surface area (Å²) < 4.78 is 37.1. The third-order valence-electron chi connectivity index (χ3n) is 1.90. The lowest BCUT2D eigenvalue weighted by Crippen LogP contribution is -2.09. The Labute approximate surface area is 74.4 Å². The van der Waals surface area contributed by atoms with Crippen LogP contribution in [-0.4, -0.2) is 0 Å². The number of hydrogen-bond donors (Lipinski definition) is 1. The molecule has 0 radical (unpaired) electrons. The topological polar surface area (TPSA) is 26.0 Å². The van der Waals surface area contributed by atoms with E-state index in [0.717, 1.165) is 6.07 Å². The van der Waals surface area contributed by atoms with Crippen molar-refractivity contribution in [2.24, 2.45) is 0 Å². The number of anilines is 1. The minimum atomic E-state index is -4.32. The van der Waals surface area contributed by atoms with E-state index in [1.807, 2.05) is 0 Å². The summed E-state index contributed by atoms with van der Waals surface area (Å²) in [5.41, 5.74) is 5.58. The van der Waals surface area contributed by atoms with Crippen LogP contribution in [0.25, 0.3) is 0 Å². The number of nitrogens with two attached hydrogens (primary N) is 1. The fourth-order valence-corrected chi connectivity index (χ4v) is 1.18. The fourth-order valence-electron chi connectivity index (χ4n) is 1.18.